The van der Waals surface area contributed by atoms with Crippen molar-refractivity contribution in [2.75, 3.05) is 20.1 Å². The maximum absolute atomic E-state index is 13.0. The van der Waals surface area contributed by atoms with Gasteiger partial charge in [-0.3, -0.25) is 4.99 Å². The first-order valence-corrected chi connectivity index (χ1v) is 9.94. The summed E-state index contributed by atoms with van der Waals surface area (Å²) in [6, 6.07) is 6.09. The lowest BCUT2D eigenvalue weighted by molar-refractivity contribution is 0.571. The van der Waals surface area contributed by atoms with Crippen LogP contribution >= 0.6 is 35.3 Å². The zero-order chi connectivity index (χ0) is 19.9. The molecule has 0 spiro atoms. The minimum Gasteiger partial charge on any atom is -0.444 e. The minimum atomic E-state index is -0.279. The standard InChI is InChI=1S/C20H24FN5OS.HI/c1-13-14(2)28-18(25-13)9-11-24-20(22-3)23-10-8-17-12-27-19(26-17)15-4-6-16(21)7-5-15;/h4-7,12H,8-11H2,1-3H3,(H2,22,23,24);1H. The second kappa shape index (κ2) is 11.2. The average Bonchev–Trinajstić information content (AvgIpc) is 3.28. The summed E-state index contributed by atoms with van der Waals surface area (Å²) >= 11 is 1.74. The first-order valence-electron chi connectivity index (χ1n) is 9.13. The fourth-order valence-corrected chi connectivity index (χ4v) is 3.54. The number of nitrogens with zero attached hydrogens (tertiary/aromatic N) is 3. The number of aliphatic imine (C=N–C) groups is 1. The van der Waals surface area contributed by atoms with E-state index in [1.165, 1.54) is 17.0 Å². The van der Waals surface area contributed by atoms with Gasteiger partial charge in [0.2, 0.25) is 5.89 Å². The zero-order valence-corrected chi connectivity index (χ0v) is 19.8. The number of benzene rings is 1. The van der Waals surface area contributed by atoms with Gasteiger partial charge < -0.3 is 15.1 Å². The molecule has 2 heterocycles. The highest BCUT2D eigenvalue weighted by molar-refractivity contribution is 14.0. The number of halogens is 2. The molecule has 0 saturated carbocycles. The number of rotatable bonds is 7. The second-order valence-corrected chi connectivity index (χ2v) is 7.61. The van der Waals surface area contributed by atoms with Crippen molar-refractivity contribution in [1.82, 2.24) is 20.6 Å². The van der Waals surface area contributed by atoms with Crippen LogP contribution in [0.1, 0.15) is 21.3 Å². The lowest BCUT2D eigenvalue weighted by atomic mass is 10.2. The molecule has 0 saturated heterocycles. The maximum atomic E-state index is 13.0. The van der Waals surface area contributed by atoms with Crippen molar-refractivity contribution in [3.8, 4) is 11.5 Å². The molecule has 0 aliphatic carbocycles. The third-order valence-corrected chi connectivity index (χ3v) is 5.38. The van der Waals surface area contributed by atoms with E-state index < -0.39 is 0 Å². The molecule has 0 amide bonds. The molecular formula is C20H25FIN5OS. The third kappa shape index (κ3) is 6.77. The smallest absolute Gasteiger partial charge is 0.226 e. The Hall–Kier alpha value is -2.01. The summed E-state index contributed by atoms with van der Waals surface area (Å²) in [4.78, 5) is 14.5. The third-order valence-electron chi connectivity index (χ3n) is 4.24. The van der Waals surface area contributed by atoms with E-state index in [9.17, 15) is 4.39 Å². The molecule has 9 heteroatoms. The Morgan fingerprint density at radius 2 is 1.79 bits per heavy atom. The van der Waals surface area contributed by atoms with Crippen molar-refractivity contribution in [1.29, 1.82) is 0 Å². The van der Waals surface area contributed by atoms with Crippen LogP contribution in [-0.4, -0.2) is 36.1 Å². The largest absolute Gasteiger partial charge is 0.444 e. The van der Waals surface area contributed by atoms with Gasteiger partial charge in [0.05, 0.1) is 16.4 Å². The summed E-state index contributed by atoms with van der Waals surface area (Å²) < 4.78 is 18.5. The van der Waals surface area contributed by atoms with E-state index >= 15 is 0 Å². The SMILES string of the molecule is CN=C(NCCc1coc(-c2ccc(F)cc2)n1)NCCc1nc(C)c(C)s1.I. The lowest BCUT2D eigenvalue weighted by Crippen LogP contribution is -2.39. The summed E-state index contributed by atoms with van der Waals surface area (Å²) in [5.41, 5.74) is 2.69. The second-order valence-electron chi connectivity index (χ2n) is 6.33. The van der Waals surface area contributed by atoms with E-state index in [2.05, 4.69) is 32.5 Å². The van der Waals surface area contributed by atoms with E-state index in [1.807, 2.05) is 6.92 Å². The number of guanidine groups is 1. The Bertz CT molecular complexity index is 919. The van der Waals surface area contributed by atoms with Crippen LogP contribution in [-0.2, 0) is 12.8 Å². The van der Waals surface area contributed by atoms with Crippen LogP contribution in [0.2, 0.25) is 0 Å². The van der Waals surface area contributed by atoms with Crippen LogP contribution in [0.15, 0.2) is 39.9 Å². The molecule has 0 bridgehead atoms. The molecule has 2 aromatic heterocycles. The van der Waals surface area contributed by atoms with E-state index in [4.69, 9.17) is 4.42 Å². The molecular weight excluding hydrogens is 504 g/mol. The van der Waals surface area contributed by atoms with Crippen LogP contribution in [0, 0.1) is 19.7 Å². The van der Waals surface area contributed by atoms with Crippen LogP contribution < -0.4 is 10.6 Å². The number of hydrogen-bond donors (Lipinski definition) is 2. The molecule has 2 N–H and O–H groups in total. The van der Waals surface area contributed by atoms with Crippen molar-refractivity contribution < 1.29 is 8.81 Å². The Balaban J connectivity index is 0.00000300. The van der Waals surface area contributed by atoms with Gasteiger partial charge in [0, 0.05) is 43.4 Å². The van der Waals surface area contributed by atoms with E-state index in [0.29, 0.717) is 18.9 Å². The fraction of sp³-hybridized carbons (Fsp3) is 0.350. The molecule has 0 unspecified atom stereocenters. The molecule has 0 fully saturated rings. The molecule has 3 rings (SSSR count). The van der Waals surface area contributed by atoms with E-state index in [0.717, 1.165) is 40.9 Å². The van der Waals surface area contributed by atoms with Crippen molar-refractivity contribution in [2.45, 2.75) is 26.7 Å². The van der Waals surface area contributed by atoms with Crippen molar-refractivity contribution in [3.05, 3.63) is 57.6 Å². The molecule has 156 valence electrons. The molecule has 0 radical (unpaired) electrons. The summed E-state index contributed by atoms with van der Waals surface area (Å²) in [7, 11) is 1.75. The fourth-order valence-electron chi connectivity index (χ4n) is 2.61. The lowest BCUT2D eigenvalue weighted by Gasteiger charge is -2.10. The Morgan fingerprint density at radius 1 is 1.10 bits per heavy atom. The van der Waals surface area contributed by atoms with Crippen LogP contribution in [0.25, 0.3) is 11.5 Å². The molecule has 0 atom stereocenters. The Labute approximate surface area is 191 Å². The highest BCUT2D eigenvalue weighted by Crippen LogP contribution is 2.19. The minimum absolute atomic E-state index is 0. The monoisotopic (exact) mass is 529 g/mol. The molecule has 29 heavy (non-hydrogen) atoms. The molecule has 6 nitrogen and oxygen atoms in total. The zero-order valence-electron chi connectivity index (χ0n) is 16.7. The van der Waals surface area contributed by atoms with Gasteiger partial charge in [-0.05, 0) is 38.1 Å². The van der Waals surface area contributed by atoms with Crippen LogP contribution in [0.4, 0.5) is 4.39 Å². The topological polar surface area (TPSA) is 75.3 Å². The van der Waals surface area contributed by atoms with Gasteiger partial charge in [0.25, 0.3) is 0 Å². The summed E-state index contributed by atoms with van der Waals surface area (Å²) in [6.45, 7) is 5.57. The molecule has 0 aliphatic heterocycles. The van der Waals surface area contributed by atoms with Crippen molar-refractivity contribution >= 4 is 41.3 Å². The number of hydrogen-bond acceptors (Lipinski definition) is 5. The first kappa shape index (κ1) is 23.3. The average molecular weight is 529 g/mol. The quantitative estimate of drug-likeness (QED) is 0.274. The number of oxazole rings is 1. The van der Waals surface area contributed by atoms with Gasteiger partial charge in [0.15, 0.2) is 5.96 Å². The highest BCUT2D eigenvalue weighted by atomic mass is 127. The van der Waals surface area contributed by atoms with Gasteiger partial charge in [-0.2, -0.15) is 0 Å². The van der Waals surface area contributed by atoms with Crippen molar-refractivity contribution in [2.24, 2.45) is 4.99 Å². The van der Waals surface area contributed by atoms with Crippen molar-refractivity contribution in [3.63, 3.8) is 0 Å². The summed E-state index contributed by atoms with van der Waals surface area (Å²) in [5.74, 6) is 0.956. The molecule has 3 aromatic rings. The van der Waals surface area contributed by atoms with Gasteiger partial charge in [0.1, 0.15) is 12.1 Å². The summed E-state index contributed by atoms with van der Waals surface area (Å²) in [6.07, 6.45) is 3.18. The van der Waals surface area contributed by atoms with E-state index in [-0.39, 0.29) is 29.8 Å². The number of nitrogens with one attached hydrogen (secondary N) is 2. The van der Waals surface area contributed by atoms with Gasteiger partial charge >= 0.3 is 0 Å². The Kier molecular flexibility index (Phi) is 9.02. The van der Waals surface area contributed by atoms with Gasteiger partial charge in [-0.25, -0.2) is 14.4 Å². The molecule has 0 aliphatic rings. The maximum Gasteiger partial charge on any atom is 0.226 e. The number of aryl methyl sites for hydroxylation is 2. The van der Waals surface area contributed by atoms with Crippen LogP contribution in [0.5, 0.6) is 0 Å². The number of aromatic nitrogens is 2. The van der Waals surface area contributed by atoms with E-state index in [1.54, 1.807) is 36.8 Å². The van der Waals surface area contributed by atoms with Crippen LogP contribution in [0.3, 0.4) is 0 Å². The summed E-state index contributed by atoms with van der Waals surface area (Å²) in [5, 5.41) is 7.70. The number of thiazole rings is 1. The normalized spacial score (nSPS) is 11.2. The first-order chi connectivity index (χ1) is 13.5. The predicted molar refractivity (Wildman–Crippen MR) is 126 cm³/mol. The molecule has 1 aromatic carbocycles. The van der Waals surface area contributed by atoms with Gasteiger partial charge in [-0.1, -0.05) is 0 Å². The Morgan fingerprint density at radius 3 is 2.41 bits per heavy atom. The highest BCUT2D eigenvalue weighted by Gasteiger charge is 2.08. The predicted octanol–water partition coefficient (Wildman–Crippen LogP) is 4.12. The van der Waals surface area contributed by atoms with Gasteiger partial charge in [-0.15, -0.1) is 35.3 Å².